The highest BCUT2D eigenvalue weighted by molar-refractivity contribution is 5.79. The minimum atomic E-state index is -0.621. The second-order valence-electron chi connectivity index (χ2n) is 6.80. The molecule has 23 heavy (non-hydrogen) atoms. The van der Waals surface area contributed by atoms with Crippen LogP contribution in [0.4, 0.5) is 0 Å². The van der Waals surface area contributed by atoms with Gasteiger partial charge in [0.25, 0.3) is 0 Å². The van der Waals surface area contributed by atoms with Gasteiger partial charge in [-0.15, -0.1) is 0 Å². The number of carbonyl (C=O) groups is 1. The molecule has 6 nitrogen and oxygen atoms in total. The number of hydrogen-bond donors (Lipinski definition) is 1. The molecule has 1 aromatic rings. The van der Waals surface area contributed by atoms with Crippen LogP contribution in [0.3, 0.4) is 0 Å². The van der Waals surface area contributed by atoms with Gasteiger partial charge in [-0.1, -0.05) is 6.42 Å². The number of amides is 1. The second kappa shape index (κ2) is 7.14. The summed E-state index contributed by atoms with van der Waals surface area (Å²) < 4.78 is 1.94. The summed E-state index contributed by atoms with van der Waals surface area (Å²) >= 11 is 0. The lowest BCUT2D eigenvalue weighted by Crippen LogP contribution is -2.52. The molecule has 3 rings (SSSR count). The Hall–Kier alpha value is -1.87. The fraction of sp³-hybridized carbons (Fsp3) is 0.706. The van der Waals surface area contributed by atoms with E-state index in [9.17, 15) is 10.1 Å². The Kier molecular flexibility index (Phi) is 4.97. The standard InChI is InChI=1S/C17H25N5O/c18-14-17(7-2-3-8-17)20-16(23)13-21-10-4-1-6-15(21)12-22-11-5-9-19-22/h5,9,11,15H,1-4,6-8,10,12-13H2,(H,20,23)/t15-/m1/s1. The summed E-state index contributed by atoms with van der Waals surface area (Å²) in [6.45, 7) is 2.15. The van der Waals surface area contributed by atoms with E-state index in [1.54, 1.807) is 6.20 Å². The Labute approximate surface area is 137 Å². The molecule has 2 aliphatic rings. The van der Waals surface area contributed by atoms with E-state index in [1.807, 2.05) is 16.9 Å². The first-order valence-corrected chi connectivity index (χ1v) is 8.64. The number of piperidine rings is 1. The highest BCUT2D eigenvalue weighted by atomic mass is 16.2. The molecule has 1 N–H and O–H groups in total. The molecule has 2 fully saturated rings. The van der Waals surface area contributed by atoms with Gasteiger partial charge in [0, 0.05) is 18.4 Å². The summed E-state index contributed by atoms with van der Waals surface area (Å²) in [5, 5.41) is 16.7. The highest BCUT2D eigenvalue weighted by Crippen LogP contribution is 2.29. The maximum Gasteiger partial charge on any atom is 0.235 e. The smallest absolute Gasteiger partial charge is 0.235 e. The normalized spacial score (nSPS) is 24.2. The maximum atomic E-state index is 12.5. The predicted octanol–water partition coefficient (Wildman–Crippen LogP) is 1.69. The van der Waals surface area contributed by atoms with Crippen molar-refractivity contribution in [2.75, 3.05) is 13.1 Å². The minimum Gasteiger partial charge on any atom is -0.337 e. The molecule has 1 saturated heterocycles. The summed E-state index contributed by atoms with van der Waals surface area (Å²) in [4.78, 5) is 14.7. The summed E-state index contributed by atoms with van der Waals surface area (Å²) in [7, 11) is 0. The van der Waals surface area contributed by atoms with E-state index in [-0.39, 0.29) is 5.91 Å². The molecule has 1 aromatic heterocycles. The van der Waals surface area contributed by atoms with Crippen LogP contribution in [0.1, 0.15) is 44.9 Å². The van der Waals surface area contributed by atoms with E-state index >= 15 is 0 Å². The van der Waals surface area contributed by atoms with Gasteiger partial charge in [-0.2, -0.15) is 10.4 Å². The molecule has 1 aliphatic heterocycles. The van der Waals surface area contributed by atoms with E-state index in [0.29, 0.717) is 12.6 Å². The monoisotopic (exact) mass is 315 g/mol. The van der Waals surface area contributed by atoms with E-state index < -0.39 is 5.54 Å². The van der Waals surface area contributed by atoms with Gasteiger partial charge in [-0.25, -0.2) is 0 Å². The van der Waals surface area contributed by atoms with Gasteiger partial charge in [-0.3, -0.25) is 14.4 Å². The van der Waals surface area contributed by atoms with Gasteiger partial charge >= 0.3 is 0 Å². The quantitative estimate of drug-likeness (QED) is 0.897. The molecular weight excluding hydrogens is 290 g/mol. The SMILES string of the molecule is N#CC1(NC(=O)CN2CCCC[C@@H]2Cn2cccn2)CCCC1. The lowest BCUT2D eigenvalue weighted by Gasteiger charge is -2.35. The van der Waals surface area contributed by atoms with Crippen LogP contribution in [0.25, 0.3) is 0 Å². The van der Waals surface area contributed by atoms with Crippen LogP contribution in [0, 0.1) is 11.3 Å². The summed E-state index contributed by atoms with van der Waals surface area (Å²) in [6, 6.07) is 4.60. The van der Waals surface area contributed by atoms with Gasteiger partial charge in [0.2, 0.25) is 5.91 Å². The van der Waals surface area contributed by atoms with Gasteiger partial charge in [0.15, 0.2) is 0 Å². The van der Waals surface area contributed by atoms with Crippen molar-refractivity contribution in [2.45, 2.75) is 63.1 Å². The van der Waals surface area contributed by atoms with Crippen molar-refractivity contribution in [3.63, 3.8) is 0 Å². The van der Waals surface area contributed by atoms with Gasteiger partial charge < -0.3 is 5.32 Å². The Morgan fingerprint density at radius 1 is 1.35 bits per heavy atom. The van der Waals surface area contributed by atoms with Crippen molar-refractivity contribution in [1.29, 1.82) is 5.26 Å². The average Bonchev–Trinajstić information content (AvgIpc) is 3.21. The summed E-state index contributed by atoms with van der Waals surface area (Å²) in [6.07, 6.45) is 10.8. The first-order valence-electron chi connectivity index (χ1n) is 8.64. The number of hydrogen-bond acceptors (Lipinski definition) is 4. The van der Waals surface area contributed by atoms with Crippen LogP contribution >= 0.6 is 0 Å². The first-order chi connectivity index (χ1) is 11.2. The van der Waals surface area contributed by atoms with Crippen molar-refractivity contribution in [3.05, 3.63) is 18.5 Å². The number of carbonyl (C=O) groups excluding carboxylic acids is 1. The molecule has 0 spiro atoms. The fourth-order valence-electron chi connectivity index (χ4n) is 3.83. The van der Waals surface area contributed by atoms with E-state index in [4.69, 9.17) is 0 Å². The number of nitrogens with zero attached hydrogens (tertiary/aromatic N) is 4. The second-order valence-corrected chi connectivity index (χ2v) is 6.80. The minimum absolute atomic E-state index is 0.0131. The number of nitrogens with one attached hydrogen (secondary N) is 1. The molecule has 0 bridgehead atoms. The molecule has 124 valence electrons. The molecule has 0 aromatic carbocycles. The molecule has 1 saturated carbocycles. The Morgan fingerprint density at radius 3 is 2.87 bits per heavy atom. The number of aromatic nitrogens is 2. The van der Waals surface area contributed by atoms with Crippen LogP contribution in [0.2, 0.25) is 0 Å². The Morgan fingerprint density at radius 2 is 2.17 bits per heavy atom. The first kappa shape index (κ1) is 16.0. The third kappa shape index (κ3) is 3.91. The van der Waals surface area contributed by atoms with Crippen molar-refractivity contribution in [1.82, 2.24) is 20.0 Å². The maximum absolute atomic E-state index is 12.5. The molecule has 0 radical (unpaired) electrons. The molecule has 1 amide bonds. The lowest BCUT2D eigenvalue weighted by molar-refractivity contribution is -0.124. The predicted molar refractivity (Wildman–Crippen MR) is 86.4 cm³/mol. The number of likely N-dealkylation sites (tertiary alicyclic amines) is 1. The Balaban J connectivity index is 1.58. The topological polar surface area (TPSA) is 74.0 Å². The van der Waals surface area contributed by atoms with Crippen LogP contribution in [0.15, 0.2) is 18.5 Å². The zero-order chi connectivity index (χ0) is 16.1. The summed E-state index contributed by atoms with van der Waals surface area (Å²) in [5.41, 5.74) is -0.621. The van der Waals surface area contributed by atoms with Gasteiger partial charge in [0.1, 0.15) is 5.54 Å². The van der Waals surface area contributed by atoms with E-state index in [0.717, 1.165) is 51.6 Å². The molecule has 6 heteroatoms. The van der Waals surface area contributed by atoms with Gasteiger partial charge in [-0.05, 0) is 51.1 Å². The van der Waals surface area contributed by atoms with Crippen molar-refractivity contribution >= 4 is 5.91 Å². The largest absolute Gasteiger partial charge is 0.337 e. The van der Waals surface area contributed by atoms with Crippen molar-refractivity contribution in [2.24, 2.45) is 0 Å². The van der Waals surface area contributed by atoms with E-state index in [2.05, 4.69) is 21.4 Å². The van der Waals surface area contributed by atoms with Crippen LogP contribution < -0.4 is 5.32 Å². The molecule has 1 aliphatic carbocycles. The molecule has 1 atom stereocenters. The fourth-order valence-corrected chi connectivity index (χ4v) is 3.83. The average molecular weight is 315 g/mol. The van der Waals surface area contributed by atoms with Crippen molar-refractivity contribution < 1.29 is 4.79 Å². The highest BCUT2D eigenvalue weighted by Gasteiger charge is 2.36. The summed E-state index contributed by atoms with van der Waals surface area (Å²) in [5.74, 6) is -0.0131. The number of rotatable bonds is 5. The molecular formula is C17H25N5O. The zero-order valence-corrected chi connectivity index (χ0v) is 13.6. The molecule has 2 heterocycles. The van der Waals surface area contributed by atoms with Crippen LogP contribution in [-0.2, 0) is 11.3 Å². The third-order valence-corrected chi connectivity index (χ3v) is 5.10. The third-order valence-electron chi connectivity index (χ3n) is 5.10. The zero-order valence-electron chi connectivity index (χ0n) is 13.6. The Bertz CT molecular complexity index is 556. The number of nitriles is 1. The van der Waals surface area contributed by atoms with Gasteiger partial charge in [0.05, 0.1) is 19.2 Å². The lowest BCUT2D eigenvalue weighted by atomic mass is 9.99. The van der Waals surface area contributed by atoms with E-state index in [1.165, 1.54) is 6.42 Å². The van der Waals surface area contributed by atoms with Crippen LogP contribution in [-0.4, -0.2) is 45.3 Å². The molecule has 0 unspecified atom stereocenters. The van der Waals surface area contributed by atoms with Crippen LogP contribution in [0.5, 0.6) is 0 Å². The van der Waals surface area contributed by atoms with Crippen molar-refractivity contribution in [3.8, 4) is 6.07 Å².